The fourth-order valence-corrected chi connectivity index (χ4v) is 2.98. The van der Waals surface area contributed by atoms with Crippen molar-refractivity contribution in [2.45, 2.75) is 32.6 Å². The summed E-state index contributed by atoms with van der Waals surface area (Å²) >= 11 is 0. The highest BCUT2D eigenvalue weighted by atomic mass is 16.5. The molecule has 0 saturated carbocycles. The lowest BCUT2D eigenvalue weighted by Crippen LogP contribution is -2.36. The van der Waals surface area contributed by atoms with Gasteiger partial charge in [0.2, 0.25) is 0 Å². The van der Waals surface area contributed by atoms with Crippen LogP contribution in [-0.4, -0.2) is 26.3 Å². The van der Waals surface area contributed by atoms with Gasteiger partial charge in [-0.15, -0.1) is 0 Å². The summed E-state index contributed by atoms with van der Waals surface area (Å²) < 4.78 is 5.45. The van der Waals surface area contributed by atoms with Gasteiger partial charge in [-0.05, 0) is 37.1 Å². The Bertz CT molecular complexity index is 163. The van der Waals surface area contributed by atoms with Crippen molar-refractivity contribution in [1.29, 1.82) is 0 Å². The van der Waals surface area contributed by atoms with Crippen LogP contribution >= 0.6 is 0 Å². The zero-order valence-electron chi connectivity index (χ0n) is 8.64. The molecule has 0 bridgehead atoms. The van der Waals surface area contributed by atoms with Crippen molar-refractivity contribution in [2.75, 3.05) is 26.3 Å². The predicted molar refractivity (Wildman–Crippen MR) is 53.8 cm³/mol. The Morgan fingerprint density at radius 1 is 1.38 bits per heavy atom. The van der Waals surface area contributed by atoms with E-state index in [2.05, 4.69) is 12.2 Å². The molecule has 2 heteroatoms. The van der Waals surface area contributed by atoms with Gasteiger partial charge in [0.15, 0.2) is 0 Å². The SMILES string of the molecule is CCCC1CNCC12CCOCC2. The second-order valence-electron chi connectivity index (χ2n) is 4.59. The van der Waals surface area contributed by atoms with Gasteiger partial charge in [-0.25, -0.2) is 0 Å². The van der Waals surface area contributed by atoms with Crippen LogP contribution < -0.4 is 5.32 Å². The van der Waals surface area contributed by atoms with E-state index < -0.39 is 0 Å². The van der Waals surface area contributed by atoms with E-state index in [-0.39, 0.29) is 0 Å². The monoisotopic (exact) mass is 183 g/mol. The Labute approximate surface area is 81.0 Å². The summed E-state index contributed by atoms with van der Waals surface area (Å²) in [5.74, 6) is 0.918. The molecule has 13 heavy (non-hydrogen) atoms. The molecular weight excluding hydrogens is 162 g/mol. The van der Waals surface area contributed by atoms with Gasteiger partial charge >= 0.3 is 0 Å². The van der Waals surface area contributed by atoms with Crippen LogP contribution in [0.4, 0.5) is 0 Å². The first-order valence-electron chi connectivity index (χ1n) is 5.66. The molecule has 76 valence electrons. The molecule has 0 aliphatic carbocycles. The molecule has 0 amide bonds. The lowest BCUT2D eigenvalue weighted by molar-refractivity contribution is 0.000787. The zero-order chi connectivity index (χ0) is 9.15. The molecule has 2 heterocycles. The van der Waals surface area contributed by atoms with Gasteiger partial charge in [0, 0.05) is 19.8 Å². The third-order valence-electron chi connectivity index (χ3n) is 3.86. The maximum atomic E-state index is 5.45. The fourth-order valence-electron chi connectivity index (χ4n) is 2.98. The van der Waals surface area contributed by atoms with Crippen LogP contribution in [0.2, 0.25) is 0 Å². The number of hydrogen-bond donors (Lipinski definition) is 1. The van der Waals surface area contributed by atoms with Crippen LogP contribution in [0.1, 0.15) is 32.6 Å². The molecule has 1 N–H and O–H groups in total. The first-order chi connectivity index (χ1) is 6.37. The van der Waals surface area contributed by atoms with E-state index in [9.17, 15) is 0 Å². The Hall–Kier alpha value is -0.0800. The molecule has 2 nitrogen and oxygen atoms in total. The highest BCUT2D eigenvalue weighted by Gasteiger charge is 2.42. The topological polar surface area (TPSA) is 21.3 Å². The van der Waals surface area contributed by atoms with E-state index in [1.54, 1.807) is 0 Å². The third-order valence-corrected chi connectivity index (χ3v) is 3.86. The molecule has 0 aromatic rings. The third kappa shape index (κ3) is 1.75. The summed E-state index contributed by atoms with van der Waals surface area (Å²) in [5, 5.41) is 3.56. The molecule has 2 saturated heterocycles. The lowest BCUT2D eigenvalue weighted by atomic mass is 9.70. The highest BCUT2D eigenvalue weighted by Crippen LogP contribution is 2.42. The average molecular weight is 183 g/mol. The minimum absolute atomic E-state index is 0.605. The smallest absolute Gasteiger partial charge is 0.0471 e. The normalized spacial score (nSPS) is 32.5. The van der Waals surface area contributed by atoms with Crippen molar-refractivity contribution in [2.24, 2.45) is 11.3 Å². The van der Waals surface area contributed by atoms with Crippen LogP contribution in [0.25, 0.3) is 0 Å². The molecule has 2 fully saturated rings. The van der Waals surface area contributed by atoms with Crippen LogP contribution in [0.5, 0.6) is 0 Å². The second-order valence-corrected chi connectivity index (χ2v) is 4.59. The molecule has 2 rings (SSSR count). The molecule has 1 unspecified atom stereocenters. The molecule has 0 radical (unpaired) electrons. The summed E-state index contributed by atoms with van der Waals surface area (Å²) in [5.41, 5.74) is 0.605. The quantitative estimate of drug-likeness (QED) is 0.705. The van der Waals surface area contributed by atoms with E-state index in [0.717, 1.165) is 19.1 Å². The van der Waals surface area contributed by atoms with Gasteiger partial charge in [-0.2, -0.15) is 0 Å². The van der Waals surface area contributed by atoms with Gasteiger partial charge in [-0.1, -0.05) is 13.3 Å². The standard InChI is InChI=1S/C11H21NO/c1-2-3-10-8-12-9-11(10)4-6-13-7-5-11/h10,12H,2-9H2,1H3. The minimum atomic E-state index is 0.605. The average Bonchev–Trinajstić information content (AvgIpc) is 2.52. The van der Waals surface area contributed by atoms with Crippen LogP contribution in [0, 0.1) is 11.3 Å². The van der Waals surface area contributed by atoms with Crippen molar-refractivity contribution in [1.82, 2.24) is 5.32 Å². The van der Waals surface area contributed by atoms with Gasteiger partial charge < -0.3 is 10.1 Å². The Kier molecular flexibility index (Phi) is 2.89. The molecule has 2 aliphatic rings. The van der Waals surface area contributed by atoms with Crippen molar-refractivity contribution < 1.29 is 4.74 Å². The molecule has 2 aliphatic heterocycles. The summed E-state index contributed by atoms with van der Waals surface area (Å²) in [6, 6.07) is 0. The van der Waals surface area contributed by atoms with E-state index in [1.165, 1.54) is 38.8 Å². The minimum Gasteiger partial charge on any atom is -0.381 e. The maximum Gasteiger partial charge on any atom is 0.0471 e. The number of hydrogen-bond acceptors (Lipinski definition) is 2. The van der Waals surface area contributed by atoms with Crippen LogP contribution in [-0.2, 0) is 4.74 Å². The van der Waals surface area contributed by atoms with Gasteiger partial charge in [0.05, 0.1) is 0 Å². The lowest BCUT2D eigenvalue weighted by Gasteiger charge is -2.38. The molecule has 0 aromatic heterocycles. The summed E-state index contributed by atoms with van der Waals surface area (Å²) in [6.45, 7) is 6.75. The Balaban J connectivity index is 2.00. The number of rotatable bonds is 2. The number of ether oxygens (including phenoxy) is 1. The fraction of sp³-hybridized carbons (Fsp3) is 1.00. The summed E-state index contributed by atoms with van der Waals surface area (Å²) in [7, 11) is 0. The van der Waals surface area contributed by atoms with Crippen molar-refractivity contribution >= 4 is 0 Å². The van der Waals surface area contributed by atoms with Crippen molar-refractivity contribution in [3.8, 4) is 0 Å². The number of nitrogens with one attached hydrogen (secondary N) is 1. The first-order valence-corrected chi connectivity index (χ1v) is 5.66. The highest BCUT2D eigenvalue weighted by molar-refractivity contribution is 4.95. The van der Waals surface area contributed by atoms with Crippen molar-refractivity contribution in [3.63, 3.8) is 0 Å². The van der Waals surface area contributed by atoms with Gasteiger partial charge in [0.1, 0.15) is 0 Å². The first kappa shape index (κ1) is 9.47. The van der Waals surface area contributed by atoms with E-state index >= 15 is 0 Å². The van der Waals surface area contributed by atoms with Gasteiger partial charge in [0.25, 0.3) is 0 Å². The maximum absolute atomic E-state index is 5.45. The molecule has 0 aromatic carbocycles. The summed E-state index contributed by atoms with van der Waals surface area (Å²) in [6.07, 6.45) is 5.29. The largest absolute Gasteiger partial charge is 0.381 e. The Morgan fingerprint density at radius 3 is 2.85 bits per heavy atom. The van der Waals surface area contributed by atoms with Crippen LogP contribution in [0.15, 0.2) is 0 Å². The summed E-state index contributed by atoms with van der Waals surface area (Å²) in [4.78, 5) is 0. The van der Waals surface area contributed by atoms with E-state index in [1.807, 2.05) is 0 Å². The zero-order valence-corrected chi connectivity index (χ0v) is 8.64. The molecule has 1 spiro atoms. The van der Waals surface area contributed by atoms with Gasteiger partial charge in [-0.3, -0.25) is 0 Å². The molecular formula is C11H21NO. The van der Waals surface area contributed by atoms with E-state index in [4.69, 9.17) is 4.74 Å². The molecule has 1 atom stereocenters. The second kappa shape index (κ2) is 3.97. The van der Waals surface area contributed by atoms with E-state index in [0.29, 0.717) is 5.41 Å². The Morgan fingerprint density at radius 2 is 2.15 bits per heavy atom. The van der Waals surface area contributed by atoms with Crippen LogP contribution in [0.3, 0.4) is 0 Å². The van der Waals surface area contributed by atoms with Crippen molar-refractivity contribution in [3.05, 3.63) is 0 Å². The predicted octanol–water partition coefficient (Wildman–Crippen LogP) is 1.80.